The Kier molecular flexibility index (Phi) is 5.06. The highest BCUT2D eigenvalue weighted by Gasteiger charge is 2.18. The van der Waals surface area contributed by atoms with Crippen molar-refractivity contribution in [2.24, 2.45) is 11.7 Å². The lowest BCUT2D eigenvalue weighted by Gasteiger charge is -2.33. The molecule has 0 atom stereocenters. The number of anilines is 1. The number of benzene rings is 1. The van der Waals surface area contributed by atoms with E-state index >= 15 is 0 Å². The van der Waals surface area contributed by atoms with E-state index in [2.05, 4.69) is 36.1 Å². The van der Waals surface area contributed by atoms with E-state index in [-0.39, 0.29) is 0 Å². The maximum Gasteiger partial charge on any atom is 0.0366 e. The Morgan fingerprint density at radius 2 is 1.83 bits per heavy atom. The topological polar surface area (TPSA) is 29.3 Å². The van der Waals surface area contributed by atoms with Crippen LogP contribution >= 0.6 is 0 Å². The van der Waals surface area contributed by atoms with E-state index in [1.165, 1.54) is 50.0 Å². The standard InChI is InChI=1S/C16H26N2/c1-2-3-14-9-12-18(13-10-14)16-6-4-15(5-7-16)8-11-17/h4-7,14H,2-3,8-13,17H2,1H3. The number of piperidine rings is 1. The molecule has 1 aliphatic heterocycles. The number of hydrogen-bond donors (Lipinski definition) is 1. The van der Waals surface area contributed by atoms with Crippen molar-refractivity contribution >= 4 is 5.69 Å². The van der Waals surface area contributed by atoms with Crippen LogP contribution in [0.5, 0.6) is 0 Å². The summed E-state index contributed by atoms with van der Waals surface area (Å²) in [4.78, 5) is 2.53. The monoisotopic (exact) mass is 246 g/mol. The number of hydrogen-bond acceptors (Lipinski definition) is 2. The van der Waals surface area contributed by atoms with E-state index in [0.717, 1.165) is 18.9 Å². The molecule has 18 heavy (non-hydrogen) atoms. The second-order valence-electron chi connectivity index (χ2n) is 5.42. The molecule has 0 aliphatic carbocycles. The van der Waals surface area contributed by atoms with E-state index in [1.807, 2.05) is 0 Å². The van der Waals surface area contributed by atoms with Crippen LogP contribution in [0.2, 0.25) is 0 Å². The van der Waals surface area contributed by atoms with Gasteiger partial charge >= 0.3 is 0 Å². The SMILES string of the molecule is CCCC1CCN(c2ccc(CCN)cc2)CC1. The van der Waals surface area contributed by atoms with Crippen molar-refractivity contribution in [1.29, 1.82) is 0 Å². The van der Waals surface area contributed by atoms with Gasteiger partial charge in [0.15, 0.2) is 0 Å². The van der Waals surface area contributed by atoms with Gasteiger partial charge in [-0.1, -0.05) is 31.9 Å². The molecular weight excluding hydrogens is 220 g/mol. The molecule has 0 amide bonds. The molecule has 2 N–H and O–H groups in total. The van der Waals surface area contributed by atoms with Gasteiger partial charge in [0, 0.05) is 18.8 Å². The molecule has 0 radical (unpaired) electrons. The second-order valence-corrected chi connectivity index (χ2v) is 5.42. The van der Waals surface area contributed by atoms with Crippen molar-refractivity contribution in [2.45, 2.75) is 39.0 Å². The molecule has 1 aromatic carbocycles. The largest absolute Gasteiger partial charge is 0.372 e. The summed E-state index contributed by atoms with van der Waals surface area (Å²) in [6.07, 6.45) is 6.44. The Bertz CT molecular complexity index is 337. The van der Waals surface area contributed by atoms with Crippen molar-refractivity contribution in [3.8, 4) is 0 Å². The Morgan fingerprint density at radius 1 is 1.17 bits per heavy atom. The van der Waals surface area contributed by atoms with Crippen LogP contribution in [0.4, 0.5) is 5.69 Å². The fourth-order valence-corrected chi connectivity index (χ4v) is 2.93. The zero-order chi connectivity index (χ0) is 12.8. The molecule has 0 bridgehead atoms. The van der Waals surface area contributed by atoms with Gasteiger partial charge in [0.1, 0.15) is 0 Å². The average molecular weight is 246 g/mol. The Morgan fingerprint density at radius 3 is 2.39 bits per heavy atom. The van der Waals surface area contributed by atoms with Crippen LogP contribution in [0.1, 0.15) is 38.2 Å². The molecule has 2 heteroatoms. The van der Waals surface area contributed by atoms with Gasteiger partial charge in [-0.05, 0) is 49.4 Å². The summed E-state index contributed by atoms with van der Waals surface area (Å²) < 4.78 is 0. The molecule has 0 spiro atoms. The molecule has 1 saturated heterocycles. The summed E-state index contributed by atoms with van der Waals surface area (Å²) in [5.41, 5.74) is 8.30. The Balaban J connectivity index is 1.89. The molecule has 1 heterocycles. The van der Waals surface area contributed by atoms with Crippen molar-refractivity contribution in [1.82, 2.24) is 0 Å². The summed E-state index contributed by atoms with van der Waals surface area (Å²) in [6.45, 7) is 5.48. The smallest absolute Gasteiger partial charge is 0.0366 e. The van der Waals surface area contributed by atoms with Crippen LogP contribution in [-0.4, -0.2) is 19.6 Å². The second kappa shape index (κ2) is 6.79. The Hall–Kier alpha value is -1.02. The van der Waals surface area contributed by atoms with Crippen molar-refractivity contribution in [3.05, 3.63) is 29.8 Å². The fraction of sp³-hybridized carbons (Fsp3) is 0.625. The van der Waals surface area contributed by atoms with E-state index < -0.39 is 0 Å². The van der Waals surface area contributed by atoms with Crippen LogP contribution in [0.15, 0.2) is 24.3 Å². The number of rotatable bonds is 5. The van der Waals surface area contributed by atoms with Gasteiger partial charge in [-0.15, -0.1) is 0 Å². The first-order valence-electron chi connectivity index (χ1n) is 7.37. The average Bonchev–Trinajstić information content (AvgIpc) is 2.41. The minimum Gasteiger partial charge on any atom is -0.372 e. The predicted molar refractivity (Wildman–Crippen MR) is 79.0 cm³/mol. The zero-order valence-electron chi connectivity index (χ0n) is 11.6. The molecule has 0 aromatic heterocycles. The van der Waals surface area contributed by atoms with Gasteiger partial charge in [0.2, 0.25) is 0 Å². The van der Waals surface area contributed by atoms with Gasteiger partial charge in [-0.2, -0.15) is 0 Å². The third kappa shape index (κ3) is 3.49. The highest BCUT2D eigenvalue weighted by atomic mass is 15.1. The fourth-order valence-electron chi connectivity index (χ4n) is 2.93. The minimum absolute atomic E-state index is 0.738. The van der Waals surface area contributed by atoms with E-state index in [4.69, 9.17) is 5.73 Å². The summed E-state index contributed by atoms with van der Waals surface area (Å²) in [7, 11) is 0. The van der Waals surface area contributed by atoms with E-state index in [0.29, 0.717) is 0 Å². The first kappa shape index (κ1) is 13.4. The lowest BCUT2D eigenvalue weighted by atomic mass is 9.92. The summed E-state index contributed by atoms with van der Waals surface area (Å²) in [6, 6.07) is 8.96. The number of nitrogens with zero attached hydrogens (tertiary/aromatic N) is 1. The normalized spacial score (nSPS) is 17.1. The quantitative estimate of drug-likeness (QED) is 0.864. The third-order valence-electron chi connectivity index (χ3n) is 4.05. The molecule has 1 aromatic rings. The Labute approximate surface area is 111 Å². The van der Waals surface area contributed by atoms with Crippen LogP contribution in [0, 0.1) is 5.92 Å². The third-order valence-corrected chi connectivity index (χ3v) is 4.05. The number of nitrogens with two attached hydrogens (primary N) is 1. The highest BCUT2D eigenvalue weighted by Crippen LogP contribution is 2.26. The molecule has 2 rings (SSSR count). The molecule has 0 unspecified atom stereocenters. The van der Waals surface area contributed by atoms with Crippen molar-refractivity contribution < 1.29 is 0 Å². The minimum atomic E-state index is 0.738. The highest BCUT2D eigenvalue weighted by molar-refractivity contribution is 5.48. The maximum absolute atomic E-state index is 5.57. The van der Waals surface area contributed by atoms with E-state index in [1.54, 1.807) is 0 Å². The van der Waals surface area contributed by atoms with Gasteiger partial charge < -0.3 is 10.6 Å². The molecule has 1 fully saturated rings. The molecular formula is C16H26N2. The first-order valence-corrected chi connectivity index (χ1v) is 7.37. The van der Waals surface area contributed by atoms with E-state index in [9.17, 15) is 0 Å². The van der Waals surface area contributed by atoms with Gasteiger partial charge in [0.25, 0.3) is 0 Å². The lowest BCUT2D eigenvalue weighted by molar-refractivity contribution is 0.378. The lowest BCUT2D eigenvalue weighted by Crippen LogP contribution is -2.33. The summed E-state index contributed by atoms with van der Waals surface area (Å²) in [5, 5.41) is 0. The maximum atomic E-state index is 5.57. The first-order chi connectivity index (χ1) is 8.83. The zero-order valence-corrected chi connectivity index (χ0v) is 11.6. The van der Waals surface area contributed by atoms with Gasteiger partial charge in [-0.25, -0.2) is 0 Å². The molecule has 2 nitrogen and oxygen atoms in total. The molecule has 100 valence electrons. The van der Waals surface area contributed by atoms with Gasteiger partial charge in [-0.3, -0.25) is 0 Å². The van der Waals surface area contributed by atoms with Crippen molar-refractivity contribution in [3.63, 3.8) is 0 Å². The molecule has 0 saturated carbocycles. The van der Waals surface area contributed by atoms with Crippen LogP contribution < -0.4 is 10.6 Å². The van der Waals surface area contributed by atoms with Crippen LogP contribution in [0.3, 0.4) is 0 Å². The predicted octanol–water partition coefficient (Wildman–Crippen LogP) is 3.20. The van der Waals surface area contributed by atoms with Crippen molar-refractivity contribution in [2.75, 3.05) is 24.5 Å². The van der Waals surface area contributed by atoms with Crippen LogP contribution in [0.25, 0.3) is 0 Å². The van der Waals surface area contributed by atoms with Gasteiger partial charge in [0.05, 0.1) is 0 Å². The van der Waals surface area contributed by atoms with Crippen LogP contribution in [-0.2, 0) is 6.42 Å². The molecule has 1 aliphatic rings. The summed E-state index contributed by atoms with van der Waals surface area (Å²) >= 11 is 0. The summed E-state index contributed by atoms with van der Waals surface area (Å²) in [5.74, 6) is 0.961.